The maximum absolute atomic E-state index is 13.3. The SMILES string of the molecule is Cc1cccc(C(=O)OCc2ccccc2)c1-c1c(C)c(Cl)c(-c2cccc3ccccc23)c(C)c1O. The van der Waals surface area contributed by atoms with Gasteiger partial charge in [0.15, 0.2) is 0 Å². The predicted molar refractivity (Wildman–Crippen MR) is 151 cm³/mol. The number of benzene rings is 5. The summed E-state index contributed by atoms with van der Waals surface area (Å²) in [7, 11) is 0. The molecular weight excluding hydrogens is 480 g/mol. The van der Waals surface area contributed by atoms with Gasteiger partial charge in [-0.05, 0) is 59.9 Å². The minimum absolute atomic E-state index is 0.108. The lowest BCUT2D eigenvalue weighted by Gasteiger charge is -2.22. The standard InChI is InChI=1S/C33H27ClO3/c1-20-11-9-18-27(33(36)37-19-23-12-5-4-6-13-23)28(20)30-21(2)31(34)29(22(3)32(30)35)26-17-10-15-24-14-7-8-16-25(24)26/h4-18,35H,19H2,1-3H3. The number of fused-ring (bicyclic) bond motifs is 1. The Balaban J connectivity index is 1.65. The minimum atomic E-state index is -0.451. The van der Waals surface area contributed by atoms with E-state index in [9.17, 15) is 9.90 Å². The number of phenols is 1. The highest BCUT2D eigenvalue weighted by Gasteiger charge is 2.26. The van der Waals surface area contributed by atoms with Crippen LogP contribution in [-0.2, 0) is 11.3 Å². The molecule has 5 rings (SSSR count). The van der Waals surface area contributed by atoms with Crippen molar-refractivity contribution < 1.29 is 14.6 Å². The van der Waals surface area contributed by atoms with Crippen LogP contribution in [0.1, 0.15) is 32.6 Å². The van der Waals surface area contributed by atoms with Gasteiger partial charge in [0.2, 0.25) is 0 Å². The van der Waals surface area contributed by atoms with Crippen molar-refractivity contribution in [2.45, 2.75) is 27.4 Å². The number of halogens is 1. The summed E-state index contributed by atoms with van der Waals surface area (Å²) in [6.45, 7) is 5.84. The zero-order valence-corrected chi connectivity index (χ0v) is 21.8. The molecule has 0 atom stereocenters. The summed E-state index contributed by atoms with van der Waals surface area (Å²) in [4.78, 5) is 13.3. The van der Waals surface area contributed by atoms with E-state index in [1.165, 1.54) is 0 Å². The average Bonchev–Trinajstić information content (AvgIpc) is 2.92. The van der Waals surface area contributed by atoms with Gasteiger partial charge in [-0.25, -0.2) is 4.79 Å². The normalized spacial score (nSPS) is 11.0. The predicted octanol–water partition coefficient (Wildman–Crippen LogP) is 8.82. The average molecular weight is 507 g/mol. The Hall–Kier alpha value is -4.08. The maximum atomic E-state index is 13.3. The van der Waals surface area contributed by atoms with Crippen molar-refractivity contribution in [1.82, 2.24) is 0 Å². The van der Waals surface area contributed by atoms with Gasteiger partial charge in [0, 0.05) is 22.3 Å². The molecule has 1 N–H and O–H groups in total. The molecule has 0 aliphatic carbocycles. The van der Waals surface area contributed by atoms with Crippen LogP contribution in [0.5, 0.6) is 5.75 Å². The number of carbonyl (C=O) groups is 1. The summed E-state index contributed by atoms with van der Waals surface area (Å²) in [6.07, 6.45) is 0. The van der Waals surface area contributed by atoms with Crippen molar-refractivity contribution in [3.63, 3.8) is 0 Å². The third-order valence-electron chi connectivity index (χ3n) is 6.91. The van der Waals surface area contributed by atoms with Gasteiger partial charge in [-0.3, -0.25) is 0 Å². The number of esters is 1. The van der Waals surface area contributed by atoms with E-state index in [0.29, 0.717) is 32.8 Å². The highest BCUT2D eigenvalue weighted by Crippen LogP contribution is 2.48. The fourth-order valence-electron chi connectivity index (χ4n) is 4.99. The Morgan fingerprint density at radius 1 is 0.757 bits per heavy atom. The van der Waals surface area contributed by atoms with Crippen LogP contribution in [0.3, 0.4) is 0 Å². The van der Waals surface area contributed by atoms with Gasteiger partial charge in [-0.1, -0.05) is 96.5 Å². The lowest BCUT2D eigenvalue weighted by molar-refractivity contribution is 0.0473. The number of rotatable bonds is 5. The van der Waals surface area contributed by atoms with Crippen LogP contribution in [0.4, 0.5) is 0 Å². The van der Waals surface area contributed by atoms with Crippen molar-refractivity contribution in [1.29, 1.82) is 0 Å². The number of phenolic OH excluding ortho intramolecular Hbond substituents is 1. The summed E-state index contributed by atoms with van der Waals surface area (Å²) in [5, 5.41) is 14.3. The van der Waals surface area contributed by atoms with E-state index in [1.807, 2.05) is 87.5 Å². The molecular formula is C33H27ClO3. The Morgan fingerprint density at radius 2 is 1.43 bits per heavy atom. The first-order valence-electron chi connectivity index (χ1n) is 12.2. The molecule has 184 valence electrons. The molecule has 37 heavy (non-hydrogen) atoms. The lowest BCUT2D eigenvalue weighted by atomic mass is 9.85. The second-order valence-electron chi connectivity index (χ2n) is 9.25. The molecule has 0 fully saturated rings. The third kappa shape index (κ3) is 4.47. The molecule has 0 radical (unpaired) electrons. The molecule has 0 saturated carbocycles. The van der Waals surface area contributed by atoms with Crippen molar-refractivity contribution in [3.05, 3.63) is 124 Å². The second-order valence-corrected chi connectivity index (χ2v) is 9.63. The van der Waals surface area contributed by atoms with Crippen LogP contribution < -0.4 is 0 Å². The number of hydrogen-bond acceptors (Lipinski definition) is 3. The molecule has 4 heteroatoms. The first-order valence-corrected chi connectivity index (χ1v) is 12.6. The number of carbonyl (C=O) groups excluding carboxylic acids is 1. The molecule has 5 aromatic carbocycles. The van der Waals surface area contributed by atoms with Crippen LogP contribution in [0.25, 0.3) is 33.0 Å². The van der Waals surface area contributed by atoms with Crippen LogP contribution in [0.15, 0.2) is 91.0 Å². The third-order valence-corrected chi connectivity index (χ3v) is 7.38. The largest absolute Gasteiger partial charge is 0.507 e. The fourth-order valence-corrected chi connectivity index (χ4v) is 5.32. The van der Waals surface area contributed by atoms with E-state index < -0.39 is 5.97 Å². The summed E-state index contributed by atoms with van der Waals surface area (Å²) in [5.74, 6) is -0.343. The molecule has 0 heterocycles. The van der Waals surface area contributed by atoms with Gasteiger partial charge >= 0.3 is 5.97 Å². The Bertz CT molecular complexity index is 1600. The lowest BCUT2D eigenvalue weighted by Crippen LogP contribution is -2.09. The first-order chi connectivity index (χ1) is 17.9. The van der Waals surface area contributed by atoms with Gasteiger partial charge < -0.3 is 9.84 Å². The van der Waals surface area contributed by atoms with E-state index in [1.54, 1.807) is 6.07 Å². The molecule has 5 aromatic rings. The van der Waals surface area contributed by atoms with Gasteiger partial charge in [-0.2, -0.15) is 0 Å². The number of ether oxygens (including phenoxy) is 1. The minimum Gasteiger partial charge on any atom is -0.507 e. The van der Waals surface area contributed by atoms with Crippen LogP contribution in [0, 0.1) is 20.8 Å². The van der Waals surface area contributed by atoms with Crippen molar-refractivity contribution in [3.8, 4) is 28.0 Å². The summed E-state index contributed by atoms with van der Waals surface area (Å²) in [6, 6.07) is 29.2. The quantitative estimate of drug-likeness (QED) is 0.242. The highest BCUT2D eigenvalue weighted by atomic mass is 35.5. The van der Waals surface area contributed by atoms with Gasteiger partial charge in [0.05, 0.1) is 10.6 Å². The first kappa shape index (κ1) is 24.6. The number of aryl methyl sites for hydroxylation is 1. The number of aromatic hydroxyl groups is 1. The molecule has 0 spiro atoms. The van der Waals surface area contributed by atoms with Gasteiger partial charge in [0.25, 0.3) is 0 Å². The summed E-state index contributed by atoms with van der Waals surface area (Å²) >= 11 is 7.06. The smallest absolute Gasteiger partial charge is 0.339 e. The molecule has 3 nitrogen and oxygen atoms in total. The fraction of sp³-hybridized carbons (Fsp3) is 0.121. The van der Waals surface area contributed by atoms with Crippen molar-refractivity contribution in [2.75, 3.05) is 0 Å². The molecule has 0 unspecified atom stereocenters. The monoisotopic (exact) mass is 506 g/mol. The van der Waals surface area contributed by atoms with E-state index in [-0.39, 0.29) is 12.4 Å². The molecule has 0 aromatic heterocycles. The summed E-state index contributed by atoms with van der Waals surface area (Å²) in [5.41, 5.74) is 6.44. The van der Waals surface area contributed by atoms with E-state index in [2.05, 4.69) is 18.2 Å². The van der Waals surface area contributed by atoms with Crippen molar-refractivity contribution in [2.24, 2.45) is 0 Å². The van der Waals surface area contributed by atoms with E-state index >= 15 is 0 Å². The Morgan fingerprint density at radius 3 is 2.22 bits per heavy atom. The Labute approximate surface area is 221 Å². The second kappa shape index (κ2) is 10.1. The van der Waals surface area contributed by atoms with Crippen LogP contribution in [0.2, 0.25) is 5.02 Å². The Kier molecular flexibility index (Phi) is 6.73. The molecule has 0 aliphatic heterocycles. The van der Waals surface area contributed by atoms with Gasteiger partial charge in [-0.15, -0.1) is 0 Å². The van der Waals surface area contributed by atoms with Gasteiger partial charge in [0.1, 0.15) is 12.4 Å². The molecule has 0 aliphatic rings. The topological polar surface area (TPSA) is 46.5 Å². The van der Waals surface area contributed by atoms with E-state index in [4.69, 9.17) is 16.3 Å². The molecule has 0 amide bonds. The van der Waals surface area contributed by atoms with Crippen LogP contribution in [-0.4, -0.2) is 11.1 Å². The zero-order chi connectivity index (χ0) is 26.1. The van der Waals surface area contributed by atoms with Crippen molar-refractivity contribution >= 4 is 28.3 Å². The molecule has 0 bridgehead atoms. The zero-order valence-electron chi connectivity index (χ0n) is 21.0. The highest BCUT2D eigenvalue weighted by molar-refractivity contribution is 6.35. The maximum Gasteiger partial charge on any atom is 0.339 e. The van der Waals surface area contributed by atoms with Crippen LogP contribution >= 0.6 is 11.6 Å². The summed E-state index contributed by atoms with van der Waals surface area (Å²) < 4.78 is 5.66. The van der Waals surface area contributed by atoms with E-state index in [0.717, 1.165) is 33.0 Å². The molecule has 0 saturated heterocycles. The number of hydrogen-bond donors (Lipinski definition) is 1.